The molecule has 0 unspecified atom stereocenters. The van der Waals surface area contributed by atoms with Crippen LogP contribution in [0.4, 0.5) is 0 Å². The molecule has 6 saturated heterocycles. The van der Waals surface area contributed by atoms with Gasteiger partial charge in [0.1, 0.15) is 11.2 Å². The van der Waals surface area contributed by atoms with E-state index in [2.05, 4.69) is 0 Å². The fraction of sp³-hybridized carbons (Fsp3) is 0.976. The first kappa shape index (κ1) is 45.4. The summed E-state index contributed by atoms with van der Waals surface area (Å²) < 4.78 is 64.3. The van der Waals surface area contributed by atoms with Gasteiger partial charge >= 0.3 is 5.97 Å². The third-order valence-corrected chi connectivity index (χ3v) is 15.4. The van der Waals surface area contributed by atoms with Gasteiger partial charge in [-0.1, -0.05) is 34.6 Å². The molecule has 0 aromatic heterocycles. The zero-order chi connectivity index (χ0) is 42.2. The molecule has 0 aromatic rings. The average molecular weight is 819 g/mol. The minimum absolute atomic E-state index is 0.112. The second-order valence-electron chi connectivity index (χ2n) is 18.5. The Hall–Kier alpha value is -1.09. The first-order valence-electron chi connectivity index (χ1n) is 20.8. The summed E-state index contributed by atoms with van der Waals surface area (Å²) in [4.78, 5) is 12.0. The summed E-state index contributed by atoms with van der Waals surface area (Å²) in [7, 11) is 6.25. The number of carboxylic acid groups (broad SMARTS) is 1. The van der Waals surface area contributed by atoms with Crippen molar-refractivity contribution in [1.29, 1.82) is 0 Å². The maximum atomic E-state index is 12.0. The van der Waals surface area contributed by atoms with Crippen molar-refractivity contribution in [2.75, 3.05) is 28.4 Å². The van der Waals surface area contributed by atoms with Crippen LogP contribution in [0.1, 0.15) is 93.9 Å². The Bertz CT molecular complexity index is 1420. The van der Waals surface area contributed by atoms with E-state index in [1.54, 1.807) is 41.9 Å². The van der Waals surface area contributed by atoms with Gasteiger partial charge in [-0.15, -0.1) is 0 Å². The molecule has 6 heterocycles. The van der Waals surface area contributed by atoms with E-state index < -0.39 is 89.1 Å². The zero-order valence-electron chi connectivity index (χ0n) is 35.8. The van der Waals surface area contributed by atoms with Crippen LogP contribution in [0.25, 0.3) is 0 Å². The van der Waals surface area contributed by atoms with Crippen molar-refractivity contribution in [3.63, 3.8) is 0 Å². The van der Waals surface area contributed by atoms with Crippen LogP contribution < -0.4 is 0 Å². The molecule has 0 aromatic carbocycles. The summed E-state index contributed by atoms with van der Waals surface area (Å²) in [5.41, 5.74) is -2.14. The maximum absolute atomic E-state index is 12.0. The predicted octanol–water partition coefficient (Wildman–Crippen LogP) is 2.38. The van der Waals surface area contributed by atoms with E-state index >= 15 is 0 Å². The molecule has 0 amide bonds. The Morgan fingerprint density at radius 3 is 1.98 bits per heavy atom. The van der Waals surface area contributed by atoms with Crippen molar-refractivity contribution in [3.05, 3.63) is 0 Å². The molecule has 57 heavy (non-hydrogen) atoms. The quantitative estimate of drug-likeness (QED) is 0.203. The van der Waals surface area contributed by atoms with E-state index in [1.165, 1.54) is 14.2 Å². The summed E-state index contributed by atoms with van der Waals surface area (Å²) >= 11 is 0. The molecular formula is C41H70O16. The summed E-state index contributed by atoms with van der Waals surface area (Å²) in [5.74, 6) is -9.04. The fourth-order valence-electron chi connectivity index (χ4n) is 11.6. The number of aliphatic hydroxyl groups is 4. The van der Waals surface area contributed by atoms with Gasteiger partial charge in [0.2, 0.25) is 11.9 Å². The van der Waals surface area contributed by atoms with Crippen molar-refractivity contribution < 1.29 is 77.7 Å². The Kier molecular flexibility index (Phi) is 13.0. The molecule has 6 fully saturated rings. The maximum Gasteiger partial charge on any atom is 0.338 e. The van der Waals surface area contributed by atoms with Crippen LogP contribution in [0, 0.1) is 29.6 Å². The van der Waals surface area contributed by atoms with Gasteiger partial charge in [0.05, 0.1) is 67.1 Å². The summed E-state index contributed by atoms with van der Waals surface area (Å²) in [6, 6.07) is 0. The lowest BCUT2D eigenvalue weighted by Crippen LogP contribution is -2.72. The number of aliphatic hydroxyl groups excluding tert-OH is 2. The largest absolute Gasteiger partial charge is 0.479 e. The van der Waals surface area contributed by atoms with Crippen LogP contribution in [-0.2, 0) is 52.2 Å². The Morgan fingerprint density at radius 1 is 0.772 bits per heavy atom. The molecule has 6 aliphatic heterocycles. The highest BCUT2D eigenvalue weighted by atomic mass is 16.7. The molecule has 16 heteroatoms. The van der Waals surface area contributed by atoms with Gasteiger partial charge in [-0.2, -0.15) is 0 Å². The molecule has 0 radical (unpaired) electrons. The van der Waals surface area contributed by atoms with Crippen LogP contribution in [0.2, 0.25) is 0 Å². The minimum atomic E-state index is -2.49. The molecule has 1 spiro atoms. The Balaban J connectivity index is 1.21. The lowest BCUT2D eigenvalue weighted by Gasteiger charge is -2.56. The molecule has 16 nitrogen and oxygen atoms in total. The summed E-state index contributed by atoms with van der Waals surface area (Å²) in [6.45, 7) is 14.7. The minimum Gasteiger partial charge on any atom is -0.479 e. The lowest BCUT2D eigenvalue weighted by atomic mass is 9.73. The monoisotopic (exact) mass is 818 g/mol. The molecule has 0 bridgehead atoms. The van der Waals surface area contributed by atoms with E-state index in [0.29, 0.717) is 19.3 Å². The number of hydrogen-bond acceptors (Lipinski definition) is 15. The Morgan fingerprint density at radius 2 is 1.39 bits per heavy atom. The van der Waals surface area contributed by atoms with Crippen LogP contribution in [0.15, 0.2) is 0 Å². The van der Waals surface area contributed by atoms with Gasteiger partial charge in [0, 0.05) is 70.9 Å². The van der Waals surface area contributed by atoms with E-state index in [9.17, 15) is 30.3 Å². The zero-order valence-corrected chi connectivity index (χ0v) is 35.8. The fourth-order valence-corrected chi connectivity index (χ4v) is 11.6. The third-order valence-electron chi connectivity index (χ3n) is 15.4. The molecule has 0 aliphatic carbocycles. The lowest BCUT2D eigenvalue weighted by molar-refractivity contribution is -0.389. The predicted molar refractivity (Wildman–Crippen MR) is 201 cm³/mol. The number of carboxylic acids is 1. The van der Waals surface area contributed by atoms with E-state index in [4.69, 9.17) is 47.4 Å². The van der Waals surface area contributed by atoms with Crippen molar-refractivity contribution >= 4 is 5.97 Å². The van der Waals surface area contributed by atoms with Gasteiger partial charge in [-0.05, 0) is 46.5 Å². The van der Waals surface area contributed by atoms with Crippen LogP contribution in [0.5, 0.6) is 0 Å². The topological polar surface area (TPSA) is 211 Å². The van der Waals surface area contributed by atoms with Crippen LogP contribution in [0.3, 0.4) is 0 Å². The van der Waals surface area contributed by atoms with Crippen molar-refractivity contribution in [2.24, 2.45) is 29.6 Å². The second-order valence-corrected chi connectivity index (χ2v) is 18.5. The molecule has 22 atom stereocenters. The second kappa shape index (κ2) is 16.3. The third kappa shape index (κ3) is 7.32. The first-order chi connectivity index (χ1) is 26.6. The van der Waals surface area contributed by atoms with Crippen LogP contribution >= 0.6 is 0 Å². The number of ether oxygens (including phenoxy) is 10. The standard InChI is InChI=1S/C41H70O16/c1-19-31(42)21(3)39(8,46)56-32(19)27-14-13-25(52-27)26-15-16-29(53-26)38(7)35(50-11)23(5)41(57-38)20(2)28(48-9)17-24(54-41)18-30-37(6,51-12)34(49-10)22(4)40(47,55-30)33(43)36(44)45/h19-35,42-43,46-47H,13-18H2,1-12H3,(H,44,45)/t19-,20+,21+,22-,23+,24-,25+,26-,27+,28+,29+,30-,31-,32-,33-,34-,35+,37-,38+,39-,40-,41-/m0/s1. The summed E-state index contributed by atoms with van der Waals surface area (Å²) in [5, 5.41) is 53.9. The van der Waals surface area contributed by atoms with Crippen molar-refractivity contribution in [2.45, 2.75) is 196 Å². The molecule has 0 saturated carbocycles. The van der Waals surface area contributed by atoms with E-state index in [-0.39, 0.29) is 54.7 Å². The first-order valence-corrected chi connectivity index (χ1v) is 20.8. The summed E-state index contributed by atoms with van der Waals surface area (Å²) in [6.07, 6.45) is -4.39. The molecule has 330 valence electrons. The normalized spacial score (nSPS) is 55.0. The number of hydrogen-bond donors (Lipinski definition) is 5. The van der Waals surface area contributed by atoms with Gasteiger partial charge in [-0.25, -0.2) is 4.79 Å². The van der Waals surface area contributed by atoms with Crippen molar-refractivity contribution in [3.8, 4) is 0 Å². The van der Waals surface area contributed by atoms with Gasteiger partial charge in [0.15, 0.2) is 11.6 Å². The van der Waals surface area contributed by atoms with E-state index in [0.717, 1.165) is 12.8 Å². The highest BCUT2D eigenvalue weighted by Gasteiger charge is 2.70. The van der Waals surface area contributed by atoms with Crippen molar-refractivity contribution in [1.82, 2.24) is 0 Å². The number of methoxy groups -OCH3 is 4. The number of rotatable bonds is 11. The highest BCUT2D eigenvalue weighted by Crippen LogP contribution is 2.57. The average Bonchev–Trinajstić information content (AvgIpc) is 3.91. The Labute approximate surface area is 337 Å². The molecule has 6 rings (SSSR count). The van der Waals surface area contributed by atoms with Gasteiger partial charge in [-0.3, -0.25) is 0 Å². The number of aliphatic carboxylic acids is 1. The molecule has 5 N–H and O–H groups in total. The van der Waals surface area contributed by atoms with Crippen LogP contribution in [-0.4, -0.2) is 162 Å². The highest BCUT2D eigenvalue weighted by molar-refractivity contribution is 5.73. The molecular weight excluding hydrogens is 748 g/mol. The SMILES string of the molecule is CO[C@@H]1[C@@H](C)[C@@]2(O[C@H](C[C@@H]3O[C@](O)([C@@H](O)C(=O)O)[C@@H](C)[C@H](OC)[C@@]3(C)OC)C[C@@H](OC)[C@H]2C)O[C@]1(C)[C@H]1CC[C@@H]([C@H]2CC[C@H]([C@H]3O[C@](C)(O)[C@H](C)[C@@H](O)[C@@H]3C)O2)O1. The van der Waals surface area contributed by atoms with Gasteiger partial charge < -0.3 is 72.9 Å². The number of carbonyl (C=O) groups is 1. The molecule has 6 aliphatic rings. The smallest absolute Gasteiger partial charge is 0.338 e. The van der Waals surface area contributed by atoms with E-state index in [1.807, 2.05) is 27.7 Å². The van der Waals surface area contributed by atoms with Gasteiger partial charge in [0.25, 0.3) is 0 Å².